The van der Waals surface area contributed by atoms with Crippen LogP contribution in [0.2, 0.25) is 0 Å². The fourth-order valence-electron chi connectivity index (χ4n) is 2.66. The van der Waals surface area contributed by atoms with Gasteiger partial charge < -0.3 is 4.90 Å². The zero-order valence-corrected chi connectivity index (χ0v) is 14.0. The van der Waals surface area contributed by atoms with Crippen molar-refractivity contribution in [3.8, 4) is 0 Å². The van der Waals surface area contributed by atoms with Crippen LogP contribution in [0.4, 0.5) is 5.82 Å². The summed E-state index contributed by atoms with van der Waals surface area (Å²) >= 11 is 0. The van der Waals surface area contributed by atoms with E-state index in [0.29, 0.717) is 13.0 Å². The highest BCUT2D eigenvalue weighted by molar-refractivity contribution is 7.92. The predicted octanol–water partition coefficient (Wildman–Crippen LogP) is 2.05. The van der Waals surface area contributed by atoms with E-state index in [1.165, 1.54) is 6.20 Å². The molecule has 0 aliphatic carbocycles. The number of aromatic nitrogens is 1. The molecule has 2 aromatic rings. The average Bonchev–Trinajstić information content (AvgIpc) is 2.99. The van der Waals surface area contributed by atoms with Crippen LogP contribution in [0.25, 0.3) is 0 Å². The maximum atomic E-state index is 12.3. The summed E-state index contributed by atoms with van der Waals surface area (Å²) in [5.41, 5.74) is 1.01. The van der Waals surface area contributed by atoms with Gasteiger partial charge in [0.25, 0.3) is 10.0 Å². The molecule has 0 unspecified atom stereocenters. The molecule has 0 bridgehead atoms. The van der Waals surface area contributed by atoms with Crippen LogP contribution in [0.3, 0.4) is 0 Å². The topological polar surface area (TPSA) is 79.4 Å². The van der Waals surface area contributed by atoms with Gasteiger partial charge in [-0.05, 0) is 42.7 Å². The first-order chi connectivity index (χ1) is 11.5. The molecule has 0 saturated carbocycles. The first kappa shape index (κ1) is 16.4. The number of pyridine rings is 1. The fourth-order valence-corrected chi connectivity index (χ4v) is 3.67. The summed E-state index contributed by atoms with van der Waals surface area (Å²) in [7, 11) is -3.65. The number of benzene rings is 1. The lowest BCUT2D eigenvalue weighted by Gasteiger charge is -2.15. The maximum absolute atomic E-state index is 12.3. The van der Waals surface area contributed by atoms with Gasteiger partial charge in [-0.3, -0.25) is 9.52 Å². The van der Waals surface area contributed by atoms with Gasteiger partial charge >= 0.3 is 0 Å². The molecule has 24 heavy (non-hydrogen) atoms. The lowest BCUT2D eigenvalue weighted by molar-refractivity contribution is -0.127. The molecule has 0 spiro atoms. The second kappa shape index (κ2) is 7.00. The molecule has 1 fully saturated rings. The zero-order chi connectivity index (χ0) is 17.0. The Hall–Kier alpha value is -2.41. The van der Waals surface area contributed by atoms with Crippen molar-refractivity contribution in [1.29, 1.82) is 0 Å². The molecule has 0 radical (unpaired) electrons. The Morgan fingerprint density at radius 2 is 1.92 bits per heavy atom. The number of carbonyl (C=O) groups is 1. The quantitative estimate of drug-likeness (QED) is 0.869. The fraction of sp³-hybridized carbons (Fsp3) is 0.294. The molecule has 1 aromatic heterocycles. The molecule has 1 saturated heterocycles. The summed E-state index contributed by atoms with van der Waals surface area (Å²) < 4.78 is 27.1. The van der Waals surface area contributed by atoms with E-state index >= 15 is 0 Å². The number of rotatable bonds is 6. The number of hydrogen-bond acceptors (Lipinski definition) is 4. The maximum Gasteiger partial charge on any atom is 0.263 e. The van der Waals surface area contributed by atoms with Gasteiger partial charge in [0.2, 0.25) is 5.91 Å². The van der Waals surface area contributed by atoms with Gasteiger partial charge in [-0.2, -0.15) is 0 Å². The molecular weight excluding hydrogens is 326 g/mol. The smallest absolute Gasteiger partial charge is 0.263 e. The minimum atomic E-state index is -3.65. The summed E-state index contributed by atoms with van der Waals surface area (Å²) in [4.78, 5) is 17.6. The standard InChI is InChI=1S/C17H19N3O3S/c21-17-5-3-12-20(17)13-10-14-6-8-15(9-7-14)24(22,23)19-16-4-1-2-11-18-16/h1-2,4,6-9,11H,3,5,10,12-13H2,(H,18,19). The highest BCUT2D eigenvalue weighted by Crippen LogP contribution is 2.16. The van der Waals surface area contributed by atoms with Crippen LogP contribution in [-0.2, 0) is 21.2 Å². The van der Waals surface area contributed by atoms with Crippen molar-refractivity contribution in [3.63, 3.8) is 0 Å². The van der Waals surface area contributed by atoms with E-state index in [2.05, 4.69) is 9.71 Å². The molecule has 3 rings (SSSR count). The Kier molecular flexibility index (Phi) is 4.80. The van der Waals surface area contributed by atoms with Crippen LogP contribution in [-0.4, -0.2) is 37.3 Å². The summed E-state index contributed by atoms with van der Waals surface area (Å²) in [5.74, 6) is 0.489. The van der Waals surface area contributed by atoms with Crippen molar-refractivity contribution < 1.29 is 13.2 Å². The minimum Gasteiger partial charge on any atom is -0.342 e. The van der Waals surface area contributed by atoms with Crippen molar-refractivity contribution in [2.45, 2.75) is 24.2 Å². The molecule has 1 amide bonds. The second-order valence-electron chi connectivity index (χ2n) is 5.70. The molecule has 126 valence electrons. The normalized spacial score (nSPS) is 14.8. The van der Waals surface area contributed by atoms with E-state index in [0.717, 1.165) is 24.9 Å². The van der Waals surface area contributed by atoms with E-state index in [1.807, 2.05) is 4.90 Å². The Morgan fingerprint density at radius 1 is 1.12 bits per heavy atom. The molecule has 1 aliphatic heterocycles. The lowest BCUT2D eigenvalue weighted by Crippen LogP contribution is -2.26. The van der Waals surface area contributed by atoms with Crippen molar-refractivity contribution >= 4 is 21.7 Å². The number of nitrogens with one attached hydrogen (secondary N) is 1. The van der Waals surface area contributed by atoms with Crippen molar-refractivity contribution in [1.82, 2.24) is 9.88 Å². The number of carbonyl (C=O) groups excluding carboxylic acids is 1. The molecule has 6 nitrogen and oxygen atoms in total. The van der Waals surface area contributed by atoms with Crippen molar-refractivity contribution in [2.75, 3.05) is 17.8 Å². The lowest BCUT2D eigenvalue weighted by atomic mass is 10.1. The molecule has 0 atom stereocenters. The van der Waals surface area contributed by atoms with E-state index in [1.54, 1.807) is 42.5 Å². The van der Waals surface area contributed by atoms with Crippen molar-refractivity contribution in [3.05, 3.63) is 54.2 Å². The van der Waals surface area contributed by atoms with Crippen LogP contribution < -0.4 is 4.72 Å². The van der Waals surface area contributed by atoms with Gasteiger partial charge in [0.1, 0.15) is 5.82 Å². The second-order valence-corrected chi connectivity index (χ2v) is 7.38. The number of anilines is 1. The largest absolute Gasteiger partial charge is 0.342 e. The third kappa shape index (κ3) is 3.91. The van der Waals surface area contributed by atoms with Crippen LogP contribution >= 0.6 is 0 Å². The Bertz CT molecular complexity index is 805. The number of likely N-dealkylation sites (tertiary alicyclic amines) is 1. The molecule has 1 aliphatic rings. The summed E-state index contributed by atoms with van der Waals surface area (Å²) in [6.07, 6.45) is 3.81. The average molecular weight is 345 g/mol. The molecular formula is C17H19N3O3S. The molecule has 2 heterocycles. The highest BCUT2D eigenvalue weighted by Gasteiger charge is 2.19. The Morgan fingerprint density at radius 3 is 2.54 bits per heavy atom. The SMILES string of the molecule is O=C1CCCN1CCc1ccc(S(=O)(=O)Nc2ccccn2)cc1. The Balaban J connectivity index is 1.64. The predicted molar refractivity (Wildman–Crippen MR) is 91.0 cm³/mol. The van der Waals surface area contributed by atoms with Gasteiger partial charge in [0.05, 0.1) is 4.90 Å². The molecule has 1 aromatic carbocycles. The first-order valence-electron chi connectivity index (χ1n) is 7.85. The van der Waals surface area contributed by atoms with Gasteiger partial charge in [-0.1, -0.05) is 18.2 Å². The van der Waals surface area contributed by atoms with Crippen molar-refractivity contribution in [2.24, 2.45) is 0 Å². The monoisotopic (exact) mass is 345 g/mol. The highest BCUT2D eigenvalue weighted by atomic mass is 32.2. The summed E-state index contributed by atoms with van der Waals surface area (Å²) in [6, 6.07) is 11.8. The number of sulfonamides is 1. The third-order valence-electron chi connectivity index (χ3n) is 3.98. The minimum absolute atomic E-state index is 0.189. The Labute approximate surface area is 141 Å². The zero-order valence-electron chi connectivity index (χ0n) is 13.2. The summed E-state index contributed by atoms with van der Waals surface area (Å²) in [6.45, 7) is 1.50. The van der Waals surface area contributed by atoms with Gasteiger partial charge in [0, 0.05) is 25.7 Å². The number of hydrogen-bond donors (Lipinski definition) is 1. The van der Waals surface area contributed by atoms with E-state index < -0.39 is 10.0 Å². The number of amides is 1. The van der Waals surface area contributed by atoms with Crippen LogP contribution in [0.15, 0.2) is 53.6 Å². The number of nitrogens with zero attached hydrogens (tertiary/aromatic N) is 2. The van der Waals surface area contributed by atoms with Gasteiger partial charge in [0.15, 0.2) is 0 Å². The van der Waals surface area contributed by atoms with Gasteiger partial charge in [-0.15, -0.1) is 0 Å². The van der Waals surface area contributed by atoms with Crippen LogP contribution in [0.5, 0.6) is 0 Å². The van der Waals surface area contributed by atoms with Gasteiger partial charge in [-0.25, -0.2) is 13.4 Å². The molecule has 1 N–H and O–H groups in total. The first-order valence-corrected chi connectivity index (χ1v) is 9.33. The summed E-state index contributed by atoms with van der Waals surface area (Å²) in [5, 5.41) is 0. The van der Waals surface area contributed by atoms with Crippen LogP contribution in [0.1, 0.15) is 18.4 Å². The van der Waals surface area contributed by atoms with E-state index in [4.69, 9.17) is 0 Å². The van der Waals surface area contributed by atoms with Crippen LogP contribution in [0, 0.1) is 0 Å². The van der Waals surface area contributed by atoms with E-state index in [9.17, 15) is 13.2 Å². The third-order valence-corrected chi connectivity index (χ3v) is 5.35. The van der Waals surface area contributed by atoms with E-state index in [-0.39, 0.29) is 16.6 Å². The molecule has 7 heteroatoms.